The van der Waals surface area contributed by atoms with Crippen LogP contribution in [0.3, 0.4) is 0 Å². The molecule has 1 rings (SSSR count). The average Bonchev–Trinajstić information content (AvgIpc) is 2.47. The van der Waals surface area contributed by atoms with Crippen molar-refractivity contribution in [3.8, 4) is 12.3 Å². The van der Waals surface area contributed by atoms with Crippen LogP contribution in [0.25, 0.3) is 0 Å². The second-order valence-corrected chi connectivity index (χ2v) is 6.81. The summed E-state index contributed by atoms with van der Waals surface area (Å²) in [7, 11) is -5.41. The van der Waals surface area contributed by atoms with Crippen LogP contribution in [-0.2, 0) is 23.4 Å². The molecule has 8 heteroatoms. The summed E-state index contributed by atoms with van der Waals surface area (Å²) in [6, 6.07) is 0. The third-order valence-electron chi connectivity index (χ3n) is 1.68. The number of terminal acetylenes is 1. The zero-order valence-electron chi connectivity index (χ0n) is 8.12. The van der Waals surface area contributed by atoms with Crippen molar-refractivity contribution in [1.82, 2.24) is 0 Å². The maximum absolute atomic E-state index is 11.3. The van der Waals surface area contributed by atoms with E-state index < -0.39 is 24.1 Å². The van der Waals surface area contributed by atoms with Gasteiger partial charge in [-0.1, -0.05) is 5.92 Å². The fraction of sp³-hybridized carbons (Fsp3) is 0.714. The highest BCUT2D eigenvalue weighted by atomic mass is 32.2. The van der Waals surface area contributed by atoms with Crippen LogP contribution in [0.4, 0.5) is 0 Å². The molecular weight excluding hydrogens is 243 g/mol. The zero-order chi connectivity index (χ0) is 11.5. The lowest BCUT2D eigenvalue weighted by atomic mass is 10.4. The topological polar surface area (TPSA) is 82.1 Å². The number of hydrogen-bond donors (Lipinski definition) is 1. The Labute approximate surface area is 89.1 Å². The molecule has 0 aromatic heterocycles. The van der Waals surface area contributed by atoms with E-state index in [4.69, 9.17) is 15.5 Å². The Morgan fingerprint density at radius 2 is 2.40 bits per heavy atom. The molecular formula is C7H12O6PS+. The van der Waals surface area contributed by atoms with Crippen LogP contribution in [0.2, 0.25) is 0 Å². The smallest absolute Gasteiger partial charge is 0.228 e. The largest absolute Gasteiger partial charge is 0.572 e. The second kappa shape index (κ2) is 4.74. The molecule has 6 nitrogen and oxygen atoms in total. The summed E-state index contributed by atoms with van der Waals surface area (Å²) >= 11 is 0. The summed E-state index contributed by atoms with van der Waals surface area (Å²) in [5, 5.41) is 0. The van der Waals surface area contributed by atoms with E-state index in [1.165, 1.54) is 7.11 Å². The molecule has 2 unspecified atom stereocenters. The molecule has 0 amide bonds. The zero-order valence-corrected chi connectivity index (χ0v) is 9.83. The first kappa shape index (κ1) is 12.8. The van der Waals surface area contributed by atoms with Crippen LogP contribution >= 0.6 is 8.17 Å². The highest BCUT2D eigenvalue weighted by Gasteiger charge is 2.53. The molecule has 1 heterocycles. The van der Waals surface area contributed by atoms with Crippen molar-refractivity contribution < 1.29 is 26.9 Å². The first-order chi connectivity index (χ1) is 6.91. The van der Waals surface area contributed by atoms with Gasteiger partial charge in [0.15, 0.2) is 15.9 Å². The Morgan fingerprint density at radius 1 is 1.73 bits per heavy atom. The molecule has 2 atom stereocenters. The van der Waals surface area contributed by atoms with Crippen LogP contribution in [0.5, 0.6) is 0 Å². The Morgan fingerprint density at radius 3 is 2.87 bits per heavy atom. The van der Waals surface area contributed by atoms with Crippen molar-refractivity contribution in [1.29, 1.82) is 0 Å². The predicted octanol–water partition coefficient (Wildman–Crippen LogP) is -0.234. The molecule has 0 saturated carbocycles. The van der Waals surface area contributed by atoms with E-state index in [9.17, 15) is 13.3 Å². The van der Waals surface area contributed by atoms with Gasteiger partial charge in [-0.15, -0.1) is 10.9 Å². The van der Waals surface area contributed by atoms with Gasteiger partial charge < -0.3 is 0 Å². The van der Waals surface area contributed by atoms with E-state index in [2.05, 4.69) is 4.52 Å². The Hall–Kier alpha value is -0.220. The summed E-state index contributed by atoms with van der Waals surface area (Å²) < 4.78 is 37.0. The van der Waals surface area contributed by atoms with Gasteiger partial charge >= 0.3 is 8.17 Å². The van der Waals surface area contributed by atoms with E-state index in [0.717, 1.165) is 0 Å². The SMILES string of the molecule is C#CCS(=O)(=O)CC1CO[P+](O)(OC)O1. The van der Waals surface area contributed by atoms with Crippen LogP contribution in [0.1, 0.15) is 0 Å². The van der Waals surface area contributed by atoms with Crippen molar-refractivity contribution in [2.24, 2.45) is 0 Å². The summed E-state index contributed by atoms with van der Waals surface area (Å²) in [5.41, 5.74) is 0. The quantitative estimate of drug-likeness (QED) is 0.552. The molecule has 1 saturated heterocycles. The predicted molar refractivity (Wildman–Crippen MR) is 54.5 cm³/mol. The van der Waals surface area contributed by atoms with Gasteiger partial charge in [0, 0.05) is 0 Å². The third-order valence-corrected chi connectivity index (χ3v) is 4.67. The van der Waals surface area contributed by atoms with Crippen LogP contribution in [0.15, 0.2) is 0 Å². The fourth-order valence-corrected chi connectivity index (χ4v) is 3.39. The lowest BCUT2D eigenvalue weighted by Gasteiger charge is -2.05. The van der Waals surface area contributed by atoms with Gasteiger partial charge in [0.1, 0.15) is 12.4 Å². The molecule has 0 spiro atoms. The highest BCUT2D eigenvalue weighted by Crippen LogP contribution is 2.62. The molecule has 0 aromatic rings. The van der Waals surface area contributed by atoms with Gasteiger partial charge in [-0.25, -0.2) is 8.42 Å². The van der Waals surface area contributed by atoms with Gasteiger partial charge in [-0.2, -0.15) is 13.9 Å². The van der Waals surface area contributed by atoms with E-state index in [1.54, 1.807) is 0 Å². The summed E-state index contributed by atoms with van der Waals surface area (Å²) in [6.07, 6.45) is 4.18. The molecule has 0 radical (unpaired) electrons. The van der Waals surface area contributed by atoms with E-state index in [1.807, 2.05) is 5.92 Å². The van der Waals surface area contributed by atoms with Gasteiger partial charge in [-0.3, -0.25) is 0 Å². The fourth-order valence-electron chi connectivity index (χ4n) is 1.07. The summed E-state index contributed by atoms with van der Waals surface area (Å²) in [5.74, 6) is 1.42. The first-order valence-electron chi connectivity index (χ1n) is 4.05. The summed E-state index contributed by atoms with van der Waals surface area (Å²) in [4.78, 5) is 9.41. The maximum atomic E-state index is 11.3. The Bertz CT molecular complexity index is 360. The minimum Gasteiger partial charge on any atom is -0.228 e. The maximum Gasteiger partial charge on any atom is 0.572 e. The number of sulfone groups is 1. The van der Waals surface area contributed by atoms with Gasteiger partial charge in [0.05, 0.1) is 12.9 Å². The standard InChI is InChI=1S/C7H12O6PS/c1-3-4-15(9,10)6-7-5-12-14(8,11-2)13-7/h1,7-8H,4-6H2,2H3/q+1. The minimum absolute atomic E-state index is 0.0120. The van der Waals surface area contributed by atoms with Crippen LogP contribution < -0.4 is 0 Å². The first-order valence-corrected chi connectivity index (χ1v) is 7.37. The van der Waals surface area contributed by atoms with Gasteiger partial charge in [-0.05, 0) is 0 Å². The monoisotopic (exact) mass is 255 g/mol. The van der Waals surface area contributed by atoms with E-state index in [0.29, 0.717) is 0 Å². The molecule has 15 heavy (non-hydrogen) atoms. The van der Waals surface area contributed by atoms with Crippen molar-refractivity contribution in [2.75, 3.05) is 25.2 Å². The van der Waals surface area contributed by atoms with Gasteiger partial charge in [0.25, 0.3) is 0 Å². The van der Waals surface area contributed by atoms with Crippen molar-refractivity contribution >= 4 is 18.0 Å². The second-order valence-electron chi connectivity index (χ2n) is 2.93. The van der Waals surface area contributed by atoms with Crippen molar-refractivity contribution in [3.63, 3.8) is 0 Å². The highest BCUT2D eigenvalue weighted by molar-refractivity contribution is 7.91. The Kier molecular flexibility index (Phi) is 4.06. The van der Waals surface area contributed by atoms with Gasteiger partial charge in [0.2, 0.25) is 0 Å². The molecule has 1 aliphatic heterocycles. The lowest BCUT2D eigenvalue weighted by Crippen LogP contribution is -2.24. The number of rotatable bonds is 4. The Balaban J connectivity index is 2.54. The molecule has 0 aromatic carbocycles. The molecule has 1 fully saturated rings. The normalized spacial score (nSPS) is 31.4. The average molecular weight is 255 g/mol. The lowest BCUT2D eigenvalue weighted by molar-refractivity contribution is 0.172. The number of hydrogen-bond acceptors (Lipinski definition) is 6. The third kappa shape index (κ3) is 3.68. The summed E-state index contributed by atoms with van der Waals surface area (Å²) in [6.45, 7) is -0.0120. The van der Waals surface area contributed by atoms with Crippen molar-refractivity contribution in [2.45, 2.75) is 6.10 Å². The molecule has 86 valence electrons. The van der Waals surface area contributed by atoms with Crippen LogP contribution in [0, 0.1) is 12.3 Å². The molecule has 0 bridgehead atoms. The molecule has 1 aliphatic rings. The van der Waals surface area contributed by atoms with E-state index in [-0.39, 0.29) is 18.1 Å². The van der Waals surface area contributed by atoms with Crippen molar-refractivity contribution in [3.05, 3.63) is 0 Å². The molecule has 1 N–H and O–H groups in total. The molecule has 0 aliphatic carbocycles. The minimum atomic E-state index is -3.36. The van der Waals surface area contributed by atoms with Crippen LogP contribution in [-0.4, -0.2) is 44.6 Å². The van der Waals surface area contributed by atoms with E-state index >= 15 is 0 Å².